The average molecular weight is 856 g/mol. The molecule has 1 unspecified atom stereocenters. The van der Waals surface area contributed by atoms with Crippen molar-refractivity contribution in [2.24, 2.45) is 0 Å². The topological polar surface area (TPSA) is 90.4 Å². The van der Waals surface area contributed by atoms with Crippen LogP contribution in [0.4, 0.5) is 65.9 Å². The van der Waals surface area contributed by atoms with Crippen molar-refractivity contribution in [2.75, 3.05) is 60.0 Å². The lowest BCUT2D eigenvalue weighted by molar-refractivity contribution is -0.450. The lowest BCUT2D eigenvalue weighted by atomic mass is 9.90. The molecule has 0 spiro atoms. The van der Waals surface area contributed by atoms with Crippen molar-refractivity contribution >= 4 is 18.7 Å². The maximum Gasteiger partial charge on any atom is 0.460 e. The minimum Gasteiger partial charge on any atom is -0.483 e. The van der Waals surface area contributed by atoms with Crippen LogP contribution in [-0.4, -0.2) is 146 Å². The predicted octanol–water partition coefficient (Wildman–Crippen LogP) is 8.67. The summed E-state index contributed by atoms with van der Waals surface area (Å²) in [6, 6.07) is -1.43. The molecule has 1 rings (SSSR count). The van der Waals surface area contributed by atoms with Crippen LogP contribution >= 0.6 is 0 Å². The summed E-state index contributed by atoms with van der Waals surface area (Å²) in [5.41, 5.74) is 0. The van der Waals surface area contributed by atoms with E-state index in [0.29, 0.717) is 38.6 Å². The monoisotopic (exact) mass is 855 g/mol. The van der Waals surface area contributed by atoms with Gasteiger partial charge in [-0.2, -0.15) is 65.9 Å². The van der Waals surface area contributed by atoms with E-state index < -0.39 is 60.2 Å². The first-order valence-corrected chi connectivity index (χ1v) is 17.7. The van der Waals surface area contributed by atoms with Crippen molar-refractivity contribution in [1.29, 1.82) is 0 Å². The molecule has 0 bridgehead atoms. The number of rotatable bonds is 23. The lowest BCUT2D eigenvalue weighted by Crippen LogP contribution is -2.74. The van der Waals surface area contributed by atoms with Gasteiger partial charge in [0.25, 0.3) is 12.4 Å². The standard InChI is InChI=1S/C28H40F15N3O2.C4H10O.CH2O2/c1-3-4-5-8-11-20(12-9-6-7-10-19-47)46(18-17-45-15-13-44(2)14-16-45)21(48)22(29,30)23(31,32)24(33,34)25(35,36)26(37,38)27(39,40)28(41,42)43;1-3-4-5-2;2-1-3/h19-20H,3-18H2,1-2H3;3-4H2,1-2H3;1H,(H,2,3). The normalized spacial score (nSPS) is 15.9. The van der Waals surface area contributed by atoms with Crippen LogP contribution in [0.25, 0.3) is 0 Å². The summed E-state index contributed by atoms with van der Waals surface area (Å²) < 4.78 is 213. The molecule has 0 aromatic carbocycles. The first-order chi connectivity index (χ1) is 25.6. The number of carboxylic acid groups (broad SMARTS) is 1. The van der Waals surface area contributed by atoms with Gasteiger partial charge in [-0.05, 0) is 32.7 Å². The van der Waals surface area contributed by atoms with Crippen LogP contribution in [0.5, 0.6) is 0 Å². The molecule has 23 heteroatoms. The van der Waals surface area contributed by atoms with Gasteiger partial charge in [0.1, 0.15) is 6.29 Å². The fourth-order valence-corrected chi connectivity index (χ4v) is 5.30. The Hall–Kier alpha value is -2.56. The number of amides is 1. The van der Waals surface area contributed by atoms with Gasteiger partial charge in [-0.15, -0.1) is 0 Å². The second-order valence-corrected chi connectivity index (χ2v) is 13.0. The fraction of sp³-hybridized carbons (Fsp3) is 0.909. The number of ether oxygens (including phenoxy) is 1. The number of hydrogen-bond acceptors (Lipinski definition) is 6. The second kappa shape index (κ2) is 24.4. The number of likely N-dealkylation sites (N-methyl/N-ethyl adjacent to an activating group) is 1. The van der Waals surface area contributed by atoms with Gasteiger partial charge in [0.15, 0.2) is 0 Å². The minimum absolute atomic E-state index is 0.0363. The molecule has 1 N–H and O–H groups in total. The van der Waals surface area contributed by atoms with Crippen molar-refractivity contribution in [3.8, 4) is 0 Å². The molecule has 1 saturated heterocycles. The second-order valence-electron chi connectivity index (χ2n) is 13.0. The Kier molecular flexibility index (Phi) is 24.2. The number of halogens is 15. The average Bonchev–Trinajstić information content (AvgIpc) is 3.10. The molecule has 8 nitrogen and oxygen atoms in total. The summed E-state index contributed by atoms with van der Waals surface area (Å²) in [5, 5.41) is 6.89. The third-order valence-corrected chi connectivity index (χ3v) is 8.71. The maximum absolute atomic E-state index is 15.2. The Labute approximate surface area is 316 Å². The van der Waals surface area contributed by atoms with Crippen LogP contribution in [-0.2, 0) is 19.1 Å². The molecule has 0 aromatic heterocycles. The number of aldehydes is 1. The molecule has 1 aliphatic rings. The molecule has 1 aliphatic heterocycles. The Morgan fingerprint density at radius 3 is 1.54 bits per heavy atom. The molecule has 0 aromatic rings. The number of alkyl halides is 15. The van der Waals surface area contributed by atoms with E-state index in [1.165, 1.54) is 0 Å². The van der Waals surface area contributed by atoms with Crippen molar-refractivity contribution in [3.63, 3.8) is 0 Å². The Bertz CT molecular complexity index is 1120. The van der Waals surface area contributed by atoms with Gasteiger partial charge < -0.3 is 24.4 Å². The first-order valence-electron chi connectivity index (χ1n) is 17.7. The number of carbonyl (C=O) groups is 3. The van der Waals surface area contributed by atoms with Crippen LogP contribution in [0.3, 0.4) is 0 Å². The van der Waals surface area contributed by atoms with E-state index >= 15 is 8.78 Å². The summed E-state index contributed by atoms with van der Waals surface area (Å²) in [6.45, 7) is 4.72. The number of hydrogen-bond donors (Lipinski definition) is 1. The van der Waals surface area contributed by atoms with Crippen molar-refractivity contribution in [1.82, 2.24) is 14.7 Å². The van der Waals surface area contributed by atoms with Crippen LogP contribution < -0.4 is 0 Å². The predicted molar refractivity (Wildman–Crippen MR) is 174 cm³/mol. The SMILES string of the molecule is CCCCCCC(CCCCCC=O)N(CCN1CCN(C)CC1)C(=O)C(F)(F)C(F)(F)C(F)(F)C(F)(F)C(F)(F)C(F)(F)C(F)(F)F.CCCOC.O=CO. The number of unbranched alkanes of at least 4 members (excludes halogenated alkanes) is 6. The number of carbonyl (C=O) groups excluding carboxylic acids is 2. The third-order valence-electron chi connectivity index (χ3n) is 8.71. The van der Waals surface area contributed by atoms with Gasteiger partial charge in [0, 0.05) is 65.4 Å². The quantitative estimate of drug-likeness (QED) is 0.0626. The summed E-state index contributed by atoms with van der Waals surface area (Å²) in [6.07, 6.45) is -3.87. The summed E-state index contributed by atoms with van der Waals surface area (Å²) in [5.74, 6) is -51.4. The number of piperazine rings is 1. The molecule has 1 heterocycles. The van der Waals surface area contributed by atoms with E-state index in [2.05, 4.69) is 6.92 Å². The van der Waals surface area contributed by atoms with E-state index in [1.807, 2.05) is 4.90 Å². The zero-order valence-electron chi connectivity index (χ0n) is 31.6. The van der Waals surface area contributed by atoms with Crippen molar-refractivity contribution in [2.45, 2.75) is 132 Å². The highest BCUT2D eigenvalue weighted by molar-refractivity contribution is 5.85. The molecule has 0 radical (unpaired) electrons. The van der Waals surface area contributed by atoms with Crippen LogP contribution in [0.15, 0.2) is 0 Å². The number of nitrogens with zero attached hydrogens (tertiary/aromatic N) is 3. The van der Waals surface area contributed by atoms with E-state index in [1.54, 1.807) is 26.0 Å². The van der Waals surface area contributed by atoms with Crippen LogP contribution in [0, 0.1) is 0 Å². The maximum atomic E-state index is 15.2. The summed E-state index contributed by atoms with van der Waals surface area (Å²) in [7, 11) is 3.44. The van der Waals surface area contributed by atoms with Gasteiger partial charge in [-0.3, -0.25) is 14.5 Å². The lowest BCUT2D eigenvalue weighted by Gasteiger charge is -2.43. The zero-order chi connectivity index (χ0) is 44.2. The molecule has 1 fully saturated rings. The largest absolute Gasteiger partial charge is 0.483 e. The molecule has 334 valence electrons. The highest BCUT2D eigenvalue weighted by atomic mass is 19.4. The molecule has 0 saturated carbocycles. The van der Waals surface area contributed by atoms with Crippen molar-refractivity contribution in [3.05, 3.63) is 0 Å². The van der Waals surface area contributed by atoms with E-state index in [4.69, 9.17) is 14.6 Å². The highest BCUT2D eigenvalue weighted by Gasteiger charge is 2.94. The third kappa shape index (κ3) is 14.4. The number of methoxy groups -OCH3 is 1. The van der Waals surface area contributed by atoms with Gasteiger partial charge >= 0.3 is 41.7 Å². The minimum atomic E-state index is -8.46. The molecule has 1 atom stereocenters. The van der Waals surface area contributed by atoms with Gasteiger partial charge in [-0.1, -0.05) is 52.4 Å². The summed E-state index contributed by atoms with van der Waals surface area (Å²) >= 11 is 0. The highest BCUT2D eigenvalue weighted by Crippen LogP contribution is 2.62. The van der Waals surface area contributed by atoms with Crippen molar-refractivity contribution < 1.29 is 90.1 Å². The molecule has 56 heavy (non-hydrogen) atoms. The van der Waals surface area contributed by atoms with Gasteiger partial charge in [0.2, 0.25) is 0 Å². The van der Waals surface area contributed by atoms with E-state index in [-0.39, 0.29) is 76.0 Å². The van der Waals surface area contributed by atoms with E-state index in [0.717, 1.165) is 13.0 Å². The fourth-order valence-electron chi connectivity index (χ4n) is 5.30. The smallest absolute Gasteiger partial charge is 0.460 e. The zero-order valence-corrected chi connectivity index (χ0v) is 31.6. The van der Waals surface area contributed by atoms with Crippen LogP contribution in [0.2, 0.25) is 0 Å². The Balaban J connectivity index is 0. The molecule has 0 aliphatic carbocycles. The van der Waals surface area contributed by atoms with Gasteiger partial charge in [-0.25, -0.2) is 0 Å². The Morgan fingerprint density at radius 2 is 1.14 bits per heavy atom. The Morgan fingerprint density at radius 1 is 0.696 bits per heavy atom. The first kappa shape index (κ1) is 55.5. The van der Waals surface area contributed by atoms with Gasteiger partial charge in [0.05, 0.1) is 0 Å². The van der Waals surface area contributed by atoms with E-state index in [9.17, 15) is 66.7 Å². The van der Waals surface area contributed by atoms with Crippen LogP contribution in [0.1, 0.15) is 84.5 Å². The molecule has 1 amide bonds. The molecular weight excluding hydrogens is 803 g/mol. The summed E-state index contributed by atoms with van der Waals surface area (Å²) in [4.78, 5) is 35.5. The molecular formula is C33H52F15N3O5.